The fraction of sp³-hybridized carbons (Fsp3) is 0.615. The number of aromatic carboxylic acids is 1. The first-order chi connectivity index (χ1) is 8.69. The summed E-state index contributed by atoms with van der Waals surface area (Å²) < 4.78 is 0. The van der Waals surface area contributed by atoms with Crippen molar-refractivity contribution >= 4 is 11.8 Å². The van der Waals surface area contributed by atoms with Gasteiger partial charge in [0.2, 0.25) is 0 Å². The van der Waals surface area contributed by atoms with Crippen molar-refractivity contribution < 1.29 is 9.90 Å². The number of hydrogen-bond acceptors (Lipinski definition) is 4. The summed E-state index contributed by atoms with van der Waals surface area (Å²) in [7, 11) is 0. The average molecular weight is 251 g/mol. The van der Waals surface area contributed by atoms with Crippen LogP contribution in [0.1, 0.15) is 56.3 Å². The number of carbonyl (C=O) groups is 1. The van der Waals surface area contributed by atoms with Crippen LogP contribution in [0.5, 0.6) is 0 Å². The molecule has 1 atom stereocenters. The van der Waals surface area contributed by atoms with E-state index in [1.165, 1.54) is 12.3 Å². The van der Waals surface area contributed by atoms with E-state index in [4.69, 9.17) is 5.11 Å². The molecule has 0 aliphatic heterocycles. The van der Waals surface area contributed by atoms with Crippen molar-refractivity contribution in [2.45, 2.75) is 52.0 Å². The van der Waals surface area contributed by atoms with Crippen LogP contribution in [0, 0.1) is 0 Å². The van der Waals surface area contributed by atoms with Gasteiger partial charge >= 0.3 is 5.97 Å². The molecular weight excluding hydrogens is 230 g/mol. The summed E-state index contributed by atoms with van der Waals surface area (Å²) in [4.78, 5) is 11.1. The Balaban J connectivity index is 2.76. The SMILES string of the molecule is CCCCC(CCC)Nc1nnccc1C(=O)O. The number of nitrogens with zero attached hydrogens (tertiary/aromatic N) is 2. The molecule has 0 amide bonds. The number of unbranched alkanes of at least 4 members (excludes halogenated alkanes) is 1. The smallest absolute Gasteiger partial charge is 0.339 e. The molecule has 0 bridgehead atoms. The molecule has 0 radical (unpaired) electrons. The number of hydrogen-bond donors (Lipinski definition) is 2. The van der Waals surface area contributed by atoms with Gasteiger partial charge in [0.25, 0.3) is 0 Å². The van der Waals surface area contributed by atoms with Crippen molar-refractivity contribution in [2.75, 3.05) is 5.32 Å². The first-order valence-electron chi connectivity index (χ1n) is 6.50. The third-order valence-electron chi connectivity index (χ3n) is 2.84. The standard InChI is InChI=1S/C13H21N3O2/c1-3-5-7-10(6-4-2)15-12-11(13(17)18)8-9-14-16-12/h8-10H,3-7H2,1-2H3,(H,15,16)(H,17,18). The van der Waals surface area contributed by atoms with Crippen LogP contribution >= 0.6 is 0 Å². The third kappa shape index (κ3) is 4.31. The Morgan fingerprint density at radius 1 is 1.39 bits per heavy atom. The Labute approximate surface area is 108 Å². The number of anilines is 1. The summed E-state index contributed by atoms with van der Waals surface area (Å²) in [6.07, 6.45) is 6.75. The largest absolute Gasteiger partial charge is 0.478 e. The minimum Gasteiger partial charge on any atom is -0.478 e. The maximum Gasteiger partial charge on any atom is 0.339 e. The lowest BCUT2D eigenvalue weighted by atomic mass is 10.0. The van der Waals surface area contributed by atoms with Crippen LogP contribution in [0.3, 0.4) is 0 Å². The van der Waals surface area contributed by atoms with Crippen LogP contribution in [-0.4, -0.2) is 27.3 Å². The summed E-state index contributed by atoms with van der Waals surface area (Å²) in [6, 6.07) is 1.74. The van der Waals surface area contributed by atoms with Gasteiger partial charge in [0.1, 0.15) is 5.56 Å². The Hall–Kier alpha value is -1.65. The van der Waals surface area contributed by atoms with Gasteiger partial charge in [-0.2, -0.15) is 5.10 Å². The molecule has 1 aromatic rings. The zero-order valence-corrected chi connectivity index (χ0v) is 11.0. The fourth-order valence-electron chi connectivity index (χ4n) is 1.89. The van der Waals surface area contributed by atoms with Gasteiger partial charge in [-0.3, -0.25) is 0 Å². The molecule has 1 aromatic heterocycles. The second-order valence-corrected chi connectivity index (χ2v) is 4.37. The zero-order chi connectivity index (χ0) is 13.4. The third-order valence-corrected chi connectivity index (χ3v) is 2.84. The van der Waals surface area contributed by atoms with Crippen LogP contribution in [0.25, 0.3) is 0 Å². The summed E-state index contributed by atoms with van der Waals surface area (Å²) in [6.45, 7) is 4.27. The maximum absolute atomic E-state index is 11.1. The molecule has 2 N–H and O–H groups in total. The Morgan fingerprint density at radius 2 is 2.17 bits per heavy atom. The quantitative estimate of drug-likeness (QED) is 0.743. The summed E-state index contributed by atoms with van der Waals surface area (Å²) in [5, 5.41) is 19.9. The van der Waals surface area contributed by atoms with Crippen LogP contribution in [-0.2, 0) is 0 Å². The van der Waals surface area contributed by atoms with Crippen molar-refractivity contribution in [1.82, 2.24) is 10.2 Å². The summed E-state index contributed by atoms with van der Waals surface area (Å²) >= 11 is 0. The van der Waals surface area contributed by atoms with E-state index in [1.807, 2.05) is 0 Å². The topological polar surface area (TPSA) is 75.1 Å². The molecule has 1 unspecified atom stereocenters. The normalized spacial score (nSPS) is 12.1. The van der Waals surface area contributed by atoms with Crippen LogP contribution < -0.4 is 5.32 Å². The molecule has 0 aliphatic carbocycles. The number of rotatable bonds is 8. The molecule has 5 heteroatoms. The highest BCUT2D eigenvalue weighted by atomic mass is 16.4. The first-order valence-corrected chi connectivity index (χ1v) is 6.50. The lowest BCUT2D eigenvalue weighted by molar-refractivity contribution is 0.0697. The van der Waals surface area contributed by atoms with Crippen molar-refractivity contribution in [3.05, 3.63) is 17.8 Å². The van der Waals surface area contributed by atoms with E-state index in [2.05, 4.69) is 29.4 Å². The summed E-state index contributed by atoms with van der Waals surface area (Å²) in [5.41, 5.74) is 0.183. The van der Waals surface area contributed by atoms with E-state index in [0.29, 0.717) is 5.82 Å². The van der Waals surface area contributed by atoms with Gasteiger partial charge in [0, 0.05) is 6.04 Å². The Morgan fingerprint density at radius 3 is 2.78 bits per heavy atom. The predicted molar refractivity (Wildman–Crippen MR) is 70.8 cm³/mol. The van der Waals surface area contributed by atoms with Crippen LogP contribution in [0.4, 0.5) is 5.82 Å². The van der Waals surface area contributed by atoms with Crippen LogP contribution in [0.15, 0.2) is 12.3 Å². The van der Waals surface area contributed by atoms with E-state index >= 15 is 0 Å². The van der Waals surface area contributed by atoms with Gasteiger partial charge in [-0.1, -0.05) is 33.1 Å². The molecule has 0 spiro atoms. The van der Waals surface area contributed by atoms with Crippen molar-refractivity contribution in [3.8, 4) is 0 Å². The van der Waals surface area contributed by atoms with Crippen molar-refractivity contribution in [2.24, 2.45) is 0 Å². The second kappa shape index (κ2) is 7.63. The number of carboxylic acid groups (broad SMARTS) is 1. The number of nitrogens with one attached hydrogen (secondary N) is 1. The molecule has 0 aromatic carbocycles. The molecule has 0 aliphatic rings. The van der Waals surface area contributed by atoms with Crippen molar-refractivity contribution in [3.63, 3.8) is 0 Å². The first kappa shape index (κ1) is 14.4. The molecule has 1 heterocycles. The molecule has 1 rings (SSSR count). The van der Waals surface area contributed by atoms with Gasteiger partial charge in [0.05, 0.1) is 6.20 Å². The predicted octanol–water partition coefficient (Wildman–Crippen LogP) is 2.95. The fourth-order valence-corrected chi connectivity index (χ4v) is 1.89. The molecule has 0 saturated heterocycles. The average Bonchev–Trinajstić information content (AvgIpc) is 2.36. The Bertz CT molecular complexity index is 382. The minimum atomic E-state index is -0.974. The van der Waals surface area contributed by atoms with Gasteiger partial charge in [0.15, 0.2) is 5.82 Å². The van der Waals surface area contributed by atoms with Crippen molar-refractivity contribution in [1.29, 1.82) is 0 Å². The van der Waals surface area contributed by atoms with E-state index in [0.717, 1.165) is 32.1 Å². The van der Waals surface area contributed by atoms with E-state index in [1.54, 1.807) is 0 Å². The zero-order valence-electron chi connectivity index (χ0n) is 11.0. The van der Waals surface area contributed by atoms with Gasteiger partial charge < -0.3 is 10.4 Å². The van der Waals surface area contributed by atoms with E-state index in [-0.39, 0.29) is 11.6 Å². The molecule has 0 fully saturated rings. The highest BCUT2D eigenvalue weighted by molar-refractivity contribution is 5.92. The highest BCUT2D eigenvalue weighted by Crippen LogP contribution is 2.16. The lowest BCUT2D eigenvalue weighted by Gasteiger charge is -2.18. The monoisotopic (exact) mass is 251 g/mol. The Kier molecular flexibility index (Phi) is 6.11. The minimum absolute atomic E-state index is 0.183. The lowest BCUT2D eigenvalue weighted by Crippen LogP contribution is -2.22. The number of carboxylic acids is 1. The molecular formula is C13H21N3O2. The van der Waals surface area contributed by atoms with E-state index < -0.39 is 5.97 Å². The molecule has 0 saturated carbocycles. The van der Waals surface area contributed by atoms with Gasteiger partial charge in [-0.15, -0.1) is 5.10 Å². The highest BCUT2D eigenvalue weighted by Gasteiger charge is 2.15. The molecule has 5 nitrogen and oxygen atoms in total. The van der Waals surface area contributed by atoms with E-state index in [9.17, 15) is 4.79 Å². The van der Waals surface area contributed by atoms with Crippen LogP contribution in [0.2, 0.25) is 0 Å². The maximum atomic E-state index is 11.1. The summed E-state index contributed by atoms with van der Waals surface area (Å²) in [5.74, 6) is -0.599. The molecule has 18 heavy (non-hydrogen) atoms. The van der Waals surface area contributed by atoms with Gasteiger partial charge in [-0.05, 0) is 18.9 Å². The van der Waals surface area contributed by atoms with Gasteiger partial charge in [-0.25, -0.2) is 4.79 Å². The number of aromatic nitrogens is 2. The second-order valence-electron chi connectivity index (χ2n) is 4.37. The molecule has 100 valence electrons.